The molecule has 5 nitrogen and oxygen atoms in total. The molecule has 0 atom stereocenters. The van der Waals surface area contributed by atoms with Gasteiger partial charge in [-0.15, -0.1) is 0 Å². The quantitative estimate of drug-likeness (QED) is 0.403. The molecule has 3 aromatic rings. The summed E-state index contributed by atoms with van der Waals surface area (Å²) in [5.74, 6) is -0.506. The number of carbonyl (C=O) groups excluding carboxylic acids is 1. The third-order valence-electron chi connectivity index (χ3n) is 4.47. The number of sulfonamides is 1. The molecule has 0 bridgehead atoms. The van der Waals surface area contributed by atoms with Crippen LogP contribution in [-0.4, -0.2) is 20.9 Å². The molecule has 0 aliphatic rings. The third-order valence-corrected chi connectivity index (χ3v) is 7.59. The molecule has 0 spiro atoms. The van der Waals surface area contributed by atoms with Crippen LogP contribution in [0.2, 0.25) is 10.0 Å². The molecule has 0 heterocycles. The zero-order chi connectivity index (χ0) is 22.8. The van der Waals surface area contributed by atoms with E-state index in [-0.39, 0.29) is 20.6 Å². The van der Waals surface area contributed by atoms with E-state index in [1.165, 1.54) is 30.3 Å². The Kier molecular flexibility index (Phi) is 7.31. The van der Waals surface area contributed by atoms with E-state index in [2.05, 4.69) is 21.2 Å². The van der Waals surface area contributed by atoms with Crippen molar-refractivity contribution in [1.82, 2.24) is 0 Å². The Balaban J connectivity index is 1.98. The van der Waals surface area contributed by atoms with Crippen molar-refractivity contribution in [3.8, 4) is 0 Å². The Bertz CT molecular complexity index is 1210. The summed E-state index contributed by atoms with van der Waals surface area (Å²) in [5, 5.41) is 3.26. The maximum atomic E-state index is 13.4. The molecule has 0 aliphatic carbocycles. The van der Waals surface area contributed by atoms with Gasteiger partial charge in [-0.3, -0.25) is 9.10 Å². The van der Waals surface area contributed by atoms with Gasteiger partial charge in [0.15, 0.2) is 0 Å². The van der Waals surface area contributed by atoms with E-state index in [1.54, 1.807) is 24.3 Å². The number of halogens is 3. The lowest BCUT2D eigenvalue weighted by atomic mass is 10.2. The summed E-state index contributed by atoms with van der Waals surface area (Å²) in [5.41, 5.74) is 2.60. The van der Waals surface area contributed by atoms with Crippen molar-refractivity contribution in [3.05, 3.63) is 86.3 Å². The smallest absolute Gasteiger partial charge is 0.264 e. The highest BCUT2D eigenvalue weighted by atomic mass is 79.9. The van der Waals surface area contributed by atoms with Crippen molar-refractivity contribution in [1.29, 1.82) is 0 Å². The summed E-state index contributed by atoms with van der Waals surface area (Å²) in [4.78, 5) is 12.9. The van der Waals surface area contributed by atoms with Gasteiger partial charge in [-0.1, -0.05) is 56.8 Å². The Morgan fingerprint density at radius 2 is 1.58 bits per heavy atom. The number of anilines is 2. The van der Waals surface area contributed by atoms with E-state index in [4.69, 9.17) is 23.2 Å². The molecule has 3 aromatic carbocycles. The topological polar surface area (TPSA) is 66.5 Å². The maximum Gasteiger partial charge on any atom is 0.264 e. The average Bonchev–Trinajstić information content (AvgIpc) is 2.68. The van der Waals surface area contributed by atoms with E-state index in [0.717, 1.165) is 19.9 Å². The number of rotatable bonds is 6. The first kappa shape index (κ1) is 23.6. The highest BCUT2D eigenvalue weighted by Gasteiger charge is 2.28. The second-order valence-electron chi connectivity index (χ2n) is 6.96. The first-order valence-electron chi connectivity index (χ1n) is 9.18. The summed E-state index contributed by atoms with van der Waals surface area (Å²) in [6.45, 7) is 3.29. The van der Waals surface area contributed by atoms with Crippen LogP contribution < -0.4 is 9.62 Å². The van der Waals surface area contributed by atoms with Crippen LogP contribution in [0.1, 0.15) is 11.1 Å². The number of carbonyl (C=O) groups is 1. The lowest BCUT2D eigenvalue weighted by molar-refractivity contribution is -0.114. The highest BCUT2D eigenvalue weighted by molar-refractivity contribution is 9.10. The number of benzene rings is 3. The van der Waals surface area contributed by atoms with Crippen LogP contribution in [0.4, 0.5) is 11.4 Å². The van der Waals surface area contributed by atoms with E-state index < -0.39 is 22.5 Å². The summed E-state index contributed by atoms with van der Waals surface area (Å²) in [6, 6.07) is 16.1. The van der Waals surface area contributed by atoms with Gasteiger partial charge in [0.2, 0.25) is 5.91 Å². The van der Waals surface area contributed by atoms with Crippen LogP contribution >= 0.6 is 39.1 Å². The lowest BCUT2D eigenvalue weighted by Gasteiger charge is -2.24. The van der Waals surface area contributed by atoms with Gasteiger partial charge < -0.3 is 5.32 Å². The molecule has 9 heteroatoms. The predicted octanol–water partition coefficient (Wildman–Crippen LogP) is 6.21. The van der Waals surface area contributed by atoms with Gasteiger partial charge in [0.05, 0.1) is 10.6 Å². The van der Waals surface area contributed by atoms with Crippen LogP contribution in [0.5, 0.6) is 0 Å². The van der Waals surface area contributed by atoms with Crippen LogP contribution in [0.25, 0.3) is 0 Å². The van der Waals surface area contributed by atoms with Gasteiger partial charge in [-0.05, 0) is 67.9 Å². The van der Waals surface area contributed by atoms with Crippen molar-refractivity contribution in [3.63, 3.8) is 0 Å². The largest absolute Gasteiger partial charge is 0.325 e. The standard InChI is InChI=1S/C22H19BrCl2N2O3S/c1-14-3-6-20(7-4-14)31(29,30)27(19-11-16(24)10-17(25)12-19)13-22(28)26-18-5-8-21(23)15(2)9-18/h3-12H,13H2,1-2H3,(H,26,28). The molecule has 1 N–H and O–H groups in total. The van der Waals surface area contributed by atoms with Crippen LogP contribution in [0, 0.1) is 13.8 Å². The molecule has 0 aromatic heterocycles. The monoisotopic (exact) mass is 540 g/mol. The van der Waals surface area contributed by atoms with E-state index in [9.17, 15) is 13.2 Å². The van der Waals surface area contributed by atoms with E-state index in [1.807, 2.05) is 19.9 Å². The summed E-state index contributed by atoms with van der Waals surface area (Å²) in [7, 11) is -4.06. The normalized spacial score (nSPS) is 11.3. The molecule has 0 radical (unpaired) electrons. The molecular weight excluding hydrogens is 523 g/mol. The van der Waals surface area contributed by atoms with E-state index in [0.29, 0.717) is 5.69 Å². The molecule has 1 amide bonds. The average molecular weight is 542 g/mol. The Morgan fingerprint density at radius 3 is 2.16 bits per heavy atom. The number of nitrogens with zero attached hydrogens (tertiary/aromatic N) is 1. The fourth-order valence-corrected chi connectivity index (χ4v) is 5.05. The van der Waals surface area contributed by atoms with Crippen molar-refractivity contribution < 1.29 is 13.2 Å². The van der Waals surface area contributed by atoms with Crippen LogP contribution in [-0.2, 0) is 14.8 Å². The first-order valence-corrected chi connectivity index (χ1v) is 12.2. The van der Waals surface area contributed by atoms with E-state index >= 15 is 0 Å². The molecule has 31 heavy (non-hydrogen) atoms. The van der Waals surface area contributed by atoms with Gasteiger partial charge in [0, 0.05) is 20.2 Å². The van der Waals surface area contributed by atoms with Crippen LogP contribution in [0.15, 0.2) is 70.0 Å². The SMILES string of the molecule is Cc1ccc(S(=O)(=O)N(CC(=O)Nc2ccc(Br)c(C)c2)c2cc(Cl)cc(Cl)c2)cc1. The number of hydrogen-bond acceptors (Lipinski definition) is 3. The van der Waals surface area contributed by atoms with Crippen molar-refractivity contribution in [2.24, 2.45) is 0 Å². The second kappa shape index (κ2) is 9.61. The number of aryl methyl sites for hydroxylation is 2. The molecule has 0 saturated carbocycles. The third kappa shape index (κ3) is 5.80. The minimum Gasteiger partial charge on any atom is -0.325 e. The van der Waals surface area contributed by atoms with Gasteiger partial charge in [0.1, 0.15) is 6.54 Å². The molecule has 0 saturated heterocycles. The highest BCUT2D eigenvalue weighted by Crippen LogP contribution is 2.30. The van der Waals surface area contributed by atoms with Gasteiger partial charge in [0.25, 0.3) is 10.0 Å². The Hall–Kier alpha value is -2.06. The first-order chi connectivity index (χ1) is 14.6. The van der Waals surface area contributed by atoms with Gasteiger partial charge >= 0.3 is 0 Å². The van der Waals surface area contributed by atoms with Crippen LogP contribution in [0.3, 0.4) is 0 Å². The Labute approximate surface area is 200 Å². The molecule has 3 rings (SSSR count). The van der Waals surface area contributed by atoms with Crippen molar-refractivity contribution in [2.45, 2.75) is 18.7 Å². The molecular formula is C22H19BrCl2N2O3S. The second-order valence-corrected chi connectivity index (χ2v) is 10.6. The zero-order valence-electron chi connectivity index (χ0n) is 16.7. The van der Waals surface area contributed by atoms with Gasteiger partial charge in [-0.25, -0.2) is 8.42 Å². The number of amides is 1. The Morgan fingerprint density at radius 1 is 0.968 bits per heavy atom. The molecule has 0 aliphatic heterocycles. The summed E-state index contributed by atoms with van der Waals surface area (Å²) in [6.07, 6.45) is 0. The fraction of sp³-hybridized carbons (Fsp3) is 0.136. The van der Waals surface area contributed by atoms with Crippen molar-refractivity contribution >= 4 is 66.4 Å². The minimum atomic E-state index is -4.06. The maximum absolute atomic E-state index is 13.4. The minimum absolute atomic E-state index is 0.0569. The van der Waals surface area contributed by atoms with Gasteiger partial charge in [-0.2, -0.15) is 0 Å². The molecule has 162 valence electrons. The summed E-state index contributed by atoms with van der Waals surface area (Å²) < 4.78 is 28.7. The number of nitrogens with one attached hydrogen (secondary N) is 1. The number of hydrogen-bond donors (Lipinski definition) is 1. The zero-order valence-corrected chi connectivity index (χ0v) is 20.6. The lowest BCUT2D eigenvalue weighted by Crippen LogP contribution is -2.38. The predicted molar refractivity (Wildman–Crippen MR) is 130 cm³/mol. The molecule has 0 unspecified atom stereocenters. The molecule has 0 fully saturated rings. The summed E-state index contributed by atoms with van der Waals surface area (Å²) >= 11 is 15.6. The fourth-order valence-electron chi connectivity index (χ4n) is 2.89. The van der Waals surface area contributed by atoms with Crippen molar-refractivity contribution in [2.75, 3.05) is 16.2 Å².